The van der Waals surface area contributed by atoms with Crippen molar-refractivity contribution in [3.8, 4) is 0 Å². The Morgan fingerprint density at radius 1 is 0.406 bits per heavy atom. The van der Waals surface area contributed by atoms with Crippen molar-refractivity contribution in [2.45, 2.75) is 116 Å². The Balaban J connectivity index is 0.000000258. The largest absolute Gasteiger partial charge is 0.467 e. The fourth-order valence-corrected chi connectivity index (χ4v) is 9.42. The minimum atomic E-state index is -1.75. The van der Waals surface area contributed by atoms with Gasteiger partial charge < -0.3 is 68.6 Å². The summed E-state index contributed by atoms with van der Waals surface area (Å²) in [7, 11) is 3.80. The van der Waals surface area contributed by atoms with Crippen LogP contribution in [0.15, 0.2) is 277 Å². The van der Waals surface area contributed by atoms with Gasteiger partial charge in [-0.15, -0.1) is 0 Å². The van der Waals surface area contributed by atoms with E-state index in [9.17, 15) is 39.3 Å². The molecule has 8 rings (SSSR count). The Labute approximate surface area is 622 Å². The molecule has 0 radical (unpaired) electrons. The van der Waals surface area contributed by atoms with Crippen molar-refractivity contribution in [2.75, 3.05) is 54.4 Å². The Morgan fingerprint density at radius 3 is 1.08 bits per heavy atom. The summed E-state index contributed by atoms with van der Waals surface area (Å²) in [6, 6.07) is 75.7. The Bertz CT molecular complexity index is 3820. The zero-order valence-electron chi connectivity index (χ0n) is 61.7. The third-order valence-corrected chi connectivity index (χ3v) is 14.5. The fraction of sp³-hybridized carbons (Fsp3) is 0.306. The molecule has 106 heavy (non-hydrogen) atoms. The van der Waals surface area contributed by atoms with E-state index in [1.807, 2.05) is 243 Å². The third-order valence-electron chi connectivity index (χ3n) is 14.5. The molecule has 562 valence electrons. The number of amides is 2. The van der Waals surface area contributed by atoms with Crippen LogP contribution in [0.1, 0.15) is 86.1 Å². The number of methoxy groups -OCH3 is 3. The van der Waals surface area contributed by atoms with Gasteiger partial charge in [0.25, 0.3) is 0 Å². The van der Waals surface area contributed by atoms with Gasteiger partial charge in [-0.25, -0.2) is 24.0 Å². The molecule has 0 spiro atoms. The highest BCUT2D eigenvalue weighted by Gasteiger charge is 2.33. The highest BCUT2D eigenvalue weighted by Crippen LogP contribution is 2.19. The summed E-state index contributed by atoms with van der Waals surface area (Å²) in [5.41, 5.74) is 8.10. The predicted molar refractivity (Wildman–Crippen MR) is 409 cm³/mol. The minimum Gasteiger partial charge on any atom is -0.467 e. The number of carbonyl (C=O) groups is 5. The SMILES string of the molecule is CC(C)(C)OC(=O)N[C@@H](CO)COCc1ccccc1.COC(=O)/C=C\[C@@H](COCc1ccccc1)N=C(c1ccccc1)c1ccccc1.COC(=O)/C=C\[C@@H](COCc1ccccc1)NC(=O)OC(C)(C)C.COC(=O)[C@@H](O)[C@@H](O)[C@@H](COCc1ccccc1)N=C(c1ccccc1)c1ccccc1. The molecule has 0 unspecified atom stereocenters. The van der Waals surface area contributed by atoms with Crippen molar-refractivity contribution >= 4 is 41.5 Å². The smallest absolute Gasteiger partial charge is 0.408 e. The number of aliphatic hydroxyl groups is 3. The molecule has 0 aliphatic heterocycles. The molecule has 21 heteroatoms. The van der Waals surface area contributed by atoms with Gasteiger partial charge in [-0.2, -0.15) is 0 Å². The van der Waals surface area contributed by atoms with Crippen LogP contribution >= 0.6 is 0 Å². The lowest BCUT2D eigenvalue weighted by atomic mass is 10.0. The van der Waals surface area contributed by atoms with Crippen LogP contribution in [0.2, 0.25) is 0 Å². The summed E-state index contributed by atoms with van der Waals surface area (Å²) < 4.78 is 47.0. The van der Waals surface area contributed by atoms with E-state index in [0.717, 1.165) is 57.3 Å². The number of alkyl carbamates (subject to hydrolysis) is 2. The van der Waals surface area contributed by atoms with Crippen molar-refractivity contribution in [3.05, 3.63) is 311 Å². The van der Waals surface area contributed by atoms with E-state index in [1.165, 1.54) is 32.4 Å². The lowest BCUT2D eigenvalue weighted by molar-refractivity contribution is -0.158. The summed E-state index contributed by atoms with van der Waals surface area (Å²) >= 11 is 0. The van der Waals surface area contributed by atoms with Crippen LogP contribution in [-0.4, -0.2) is 159 Å². The minimum absolute atomic E-state index is 0.00666. The van der Waals surface area contributed by atoms with Gasteiger partial charge in [0, 0.05) is 34.4 Å². The van der Waals surface area contributed by atoms with Crippen molar-refractivity contribution in [1.29, 1.82) is 0 Å². The lowest BCUT2D eigenvalue weighted by Gasteiger charge is -2.24. The summed E-state index contributed by atoms with van der Waals surface area (Å²) in [6.45, 7) is 12.9. The van der Waals surface area contributed by atoms with Crippen LogP contribution in [0.3, 0.4) is 0 Å². The molecule has 5 N–H and O–H groups in total. The highest BCUT2D eigenvalue weighted by atomic mass is 16.6. The van der Waals surface area contributed by atoms with E-state index in [1.54, 1.807) is 47.6 Å². The number of nitrogens with one attached hydrogen (secondary N) is 2. The van der Waals surface area contributed by atoms with Gasteiger partial charge in [0.2, 0.25) is 0 Å². The second-order valence-electron chi connectivity index (χ2n) is 25.6. The first-order chi connectivity index (χ1) is 51.1. The molecule has 0 saturated heterocycles. The zero-order valence-corrected chi connectivity index (χ0v) is 61.7. The van der Waals surface area contributed by atoms with Crippen LogP contribution in [-0.2, 0) is 83.4 Å². The van der Waals surface area contributed by atoms with Gasteiger partial charge in [0.1, 0.15) is 23.3 Å². The van der Waals surface area contributed by atoms with E-state index < -0.39 is 71.6 Å². The number of aliphatic imine (C=N–C) groups is 2. The van der Waals surface area contributed by atoms with Crippen LogP contribution in [0.25, 0.3) is 0 Å². The number of carbonyl (C=O) groups excluding carboxylic acids is 5. The van der Waals surface area contributed by atoms with Gasteiger partial charge in [0.15, 0.2) is 6.10 Å². The van der Waals surface area contributed by atoms with Gasteiger partial charge in [0.05, 0.1) is 110 Å². The summed E-state index contributed by atoms with van der Waals surface area (Å²) in [5.74, 6) is -1.85. The number of ether oxygens (including phenoxy) is 9. The fourth-order valence-electron chi connectivity index (χ4n) is 9.42. The lowest BCUT2D eigenvalue weighted by Crippen LogP contribution is -2.44. The average Bonchev–Trinajstić information content (AvgIpc) is 0.855. The quantitative estimate of drug-likeness (QED) is 0.0113. The molecule has 0 saturated carbocycles. The monoisotopic (exact) mass is 1450 g/mol. The van der Waals surface area contributed by atoms with E-state index in [4.69, 9.17) is 43.1 Å². The van der Waals surface area contributed by atoms with Gasteiger partial charge in [-0.05, 0) is 63.8 Å². The average molecular weight is 1450 g/mol. The van der Waals surface area contributed by atoms with Gasteiger partial charge in [-0.3, -0.25) is 9.98 Å². The van der Waals surface area contributed by atoms with Gasteiger partial charge >= 0.3 is 30.1 Å². The number of hydrogen-bond donors (Lipinski definition) is 5. The third kappa shape index (κ3) is 35.6. The van der Waals surface area contributed by atoms with Crippen LogP contribution in [0.5, 0.6) is 0 Å². The number of esters is 3. The topological polar surface area (TPSA) is 278 Å². The standard InChI is InChI=1S/C26H27NO5.C26H25NO3.C18H25NO5.C15H23NO4/c1-31-26(30)25(29)24(28)22(18-32-17-19-11-5-2-6-12-19)27-23(20-13-7-3-8-14-20)21-15-9-4-10-16-21;1-29-25(28)18-17-24(20-30-19-21-11-5-2-6-12-21)27-26(22-13-7-3-8-14-22)23-15-9-4-10-16-23;1-18(2,3)24-17(21)19-15(10-11-16(20)22-4)13-23-12-14-8-6-5-7-9-14;1-15(2,3)20-14(18)16-13(9-17)11-19-10-12-7-5-4-6-8-12/h2-16,22,24-25,28-29H,17-18H2,1H3;2-18,24H,19-20H2,1H3;5-11,15H,12-13H2,1-4H3,(H,19,21);4-8,13,17H,9-11H2,1-3H3,(H,16,18)/b;18-17-;11-10-;/t22-,24+,25+;24-;15-;13-/m1000/s1. The predicted octanol–water partition coefficient (Wildman–Crippen LogP) is 12.8. The number of nitrogens with zero attached hydrogens (tertiary/aromatic N) is 2. The van der Waals surface area contributed by atoms with Gasteiger partial charge in [-0.1, -0.05) is 255 Å². The molecule has 0 fully saturated rings. The molecule has 8 aromatic rings. The molecule has 8 aromatic carbocycles. The number of aliphatic hydroxyl groups excluding tert-OH is 3. The summed E-state index contributed by atoms with van der Waals surface area (Å²) in [5, 5.41) is 35.5. The van der Waals surface area contributed by atoms with Crippen LogP contribution in [0, 0.1) is 0 Å². The second-order valence-corrected chi connectivity index (χ2v) is 25.6. The first-order valence-corrected chi connectivity index (χ1v) is 34.5. The first kappa shape index (κ1) is 85.9. The normalized spacial score (nSPS) is 12.7. The number of hydrogen-bond acceptors (Lipinski definition) is 19. The maximum Gasteiger partial charge on any atom is 0.408 e. The molecule has 0 aliphatic rings. The van der Waals surface area contributed by atoms with E-state index in [-0.39, 0.29) is 32.5 Å². The summed E-state index contributed by atoms with van der Waals surface area (Å²) in [4.78, 5) is 67.9. The molecule has 0 aromatic heterocycles. The molecule has 6 atom stereocenters. The number of benzene rings is 8. The van der Waals surface area contributed by atoms with E-state index in [2.05, 4.69) is 20.1 Å². The first-order valence-electron chi connectivity index (χ1n) is 34.5. The van der Waals surface area contributed by atoms with E-state index in [0.29, 0.717) is 38.7 Å². The molecule has 0 bridgehead atoms. The molecule has 21 nitrogen and oxygen atoms in total. The Hall–Kier alpha value is -10.8. The van der Waals surface area contributed by atoms with Crippen molar-refractivity contribution < 1.29 is 81.9 Å². The number of rotatable bonds is 32. The second kappa shape index (κ2) is 48.3. The molecular formula is C85H100N4O17. The van der Waals surface area contributed by atoms with Crippen molar-refractivity contribution in [3.63, 3.8) is 0 Å². The summed E-state index contributed by atoms with van der Waals surface area (Å²) in [6.07, 6.45) is 1.48. The zero-order chi connectivity index (χ0) is 76.8. The Kier molecular flexibility index (Phi) is 39.1. The maximum absolute atomic E-state index is 11.9. The molecular weight excluding hydrogens is 1350 g/mol. The van der Waals surface area contributed by atoms with E-state index >= 15 is 0 Å². The molecule has 0 heterocycles. The van der Waals surface area contributed by atoms with Crippen LogP contribution < -0.4 is 10.6 Å². The van der Waals surface area contributed by atoms with Crippen molar-refractivity contribution in [2.24, 2.45) is 9.98 Å². The highest BCUT2D eigenvalue weighted by molar-refractivity contribution is 6.13. The molecule has 0 aliphatic carbocycles. The van der Waals surface area contributed by atoms with Crippen molar-refractivity contribution in [1.82, 2.24) is 10.6 Å². The maximum atomic E-state index is 11.9. The molecule has 2 amide bonds. The Morgan fingerprint density at radius 2 is 0.726 bits per heavy atom. The van der Waals surface area contributed by atoms with Crippen LogP contribution in [0.4, 0.5) is 9.59 Å².